The van der Waals surface area contributed by atoms with Crippen LogP contribution in [0.5, 0.6) is 5.75 Å². The minimum absolute atomic E-state index is 0.0594. The highest BCUT2D eigenvalue weighted by Gasteiger charge is 2.51. The zero-order chi connectivity index (χ0) is 22.2. The Morgan fingerprint density at radius 2 is 2.13 bits per heavy atom. The Balaban J connectivity index is 1.79. The summed E-state index contributed by atoms with van der Waals surface area (Å²) in [6, 6.07) is 13.0. The van der Waals surface area contributed by atoms with Gasteiger partial charge in [0, 0.05) is 12.1 Å². The zero-order valence-corrected chi connectivity index (χ0v) is 18.5. The van der Waals surface area contributed by atoms with E-state index in [0.717, 1.165) is 11.1 Å². The molecule has 0 aromatic heterocycles. The Hall–Kier alpha value is -2.80. The molecule has 1 amide bonds. The van der Waals surface area contributed by atoms with Crippen LogP contribution in [0.15, 0.2) is 55.1 Å². The second kappa shape index (κ2) is 8.04. The van der Waals surface area contributed by atoms with Gasteiger partial charge in [0.2, 0.25) is 5.91 Å². The van der Waals surface area contributed by atoms with Crippen LogP contribution in [0.25, 0.3) is 0 Å². The van der Waals surface area contributed by atoms with E-state index < -0.39 is 26.4 Å². The first-order chi connectivity index (χ1) is 14.8. The van der Waals surface area contributed by atoms with Crippen molar-refractivity contribution in [3.8, 4) is 5.75 Å². The maximum Gasteiger partial charge on any atom is 0.248 e. The predicted molar refractivity (Wildman–Crippen MR) is 122 cm³/mol. The van der Waals surface area contributed by atoms with Crippen molar-refractivity contribution < 1.29 is 17.9 Å². The number of carbonyl (C=O) groups is 1. The third-order valence-electron chi connectivity index (χ3n) is 6.52. The highest BCUT2D eigenvalue weighted by atomic mass is 32.2. The van der Waals surface area contributed by atoms with Crippen molar-refractivity contribution in [3.63, 3.8) is 0 Å². The van der Waals surface area contributed by atoms with Gasteiger partial charge in [-0.15, -0.1) is 6.58 Å². The number of primary amides is 1. The Bertz CT molecular complexity index is 1130. The quantitative estimate of drug-likeness (QED) is 0.696. The maximum absolute atomic E-state index is 13.6. The molecule has 3 atom stereocenters. The molecule has 0 radical (unpaired) electrons. The monoisotopic (exact) mass is 440 g/mol. The van der Waals surface area contributed by atoms with Gasteiger partial charge >= 0.3 is 0 Å². The summed E-state index contributed by atoms with van der Waals surface area (Å²) in [5.41, 5.74) is 7.86. The number of benzene rings is 2. The summed E-state index contributed by atoms with van der Waals surface area (Å²) in [7, 11) is -3.44. The maximum atomic E-state index is 13.6. The fraction of sp³-hybridized carbons (Fsp3) is 0.375. The van der Waals surface area contributed by atoms with Crippen LogP contribution in [0.4, 0.5) is 5.69 Å². The SMILES string of the molecule is C=C[C@H](C)CS(=O)(=O)C1CCc2ccccc2C12CNc1cc(C(N)=O)ccc1OC2. The molecule has 6 nitrogen and oxygen atoms in total. The highest BCUT2D eigenvalue weighted by molar-refractivity contribution is 7.92. The molecule has 164 valence electrons. The number of nitrogens with one attached hydrogen (secondary N) is 1. The molecule has 0 bridgehead atoms. The summed E-state index contributed by atoms with van der Waals surface area (Å²) in [5.74, 6) is -0.00990. The number of ether oxygens (including phenoxy) is 1. The van der Waals surface area contributed by atoms with Gasteiger partial charge in [-0.05, 0) is 48.1 Å². The molecule has 2 aromatic rings. The standard InChI is InChI=1S/C24H28N2O4S/c1-3-16(2)13-31(28,29)22-11-9-17-6-4-5-7-19(17)24(22)14-26-20-12-18(23(25)27)8-10-21(20)30-15-24/h3-8,10,12,16,22,26H,1,9,11,13-15H2,2H3,(H2,25,27)/t16-,22?,24?/m0/s1. The fourth-order valence-corrected chi connectivity index (χ4v) is 7.42. The molecule has 3 N–H and O–H groups in total. The lowest BCUT2D eigenvalue weighted by atomic mass is 9.70. The van der Waals surface area contributed by atoms with Gasteiger partial charge in [0.25, 0.3) is 0 Å². The van der Waals surface area contributed by atoms with Crippen LogP contribution >= 0.6 is 0 Å². The van der Waals surface area contributed by atoms with Gasteiger partial charge in [-0.1, -0.05) is 37.3 Å². The first kappa shape index (κ1) is 21.4. The minimum atomic E-state index is -3.44. The van der Waals surface area contributed by atoms with Gasteiger partial charge < -0.3 is 15.8 Å². The molecule has 0 saturated carbocycles. The summed E-state index contributed by atoms with van der Waals surface area (Å²) < 4.78 is 33.3. The highest BCUT2D eigenvalue weighted by Crippen LogP contribution is 2.45. The van der Waals surface area contributed by atoms with E-state index in [1.54, 1.807) is 24.3 Å². The van der Waals surface area contributed by atoms with Gasteiger partial charge in [-0.25, -0.2) is 8.42 Å². The lowest BCUT2D eigenvalue weighted by Gasteiger charge is -2.44. The van der Waals surface area contributed by atoms with Crippen molar-refractivity contribution in [1.29, 1.82) is 0 Å². The first-order valence-corrected chi connectivity index (χ1v) is 12.2. The molecule has 4 rings (SSSR count). The first-order valence-electron chi connectivity index (χ1n) is 10.5. The van der Waals surface area contributed by atoms with Crippen molar-refractivity contribution >= 4 is 21.4 Å². The summed E-state index contributed by atoms with van der Waals surface area (Å²) >= 11 is 0. The van der Waals surface area contributed by atoms with Gasteiger partial charge in [0.15, 0.2) is 9.84 Å². The fourth-order valence-electron chi connectivity index (χ4n) is 4.87. The summed E-state index contributed by atoms with van der Waals surface area (Å²) in [6.07, 6.45) is 2.93. The van der Waals surface area contributed by atoms with Crippen LogP contribution in [-0.2, 0) is 21.7 Å². The molecule has 1 spiro atoms. The number of sulfone groups is 1. The lowest BCUT2D eigenvalue weighted by molar-refractivity contribution is 0.1000. The van der Waals surface area contributed by atoms with E-state index in [0.29, 0.717) is 36.4 Å². The van der Waals surface area contributed by atoms with Gasteiger partial charge in [0.05, 0.1) is 22.1 Å². The second-order valence-electron chi connectivity index (χ2n) is 8.60. The number of carbonyl (C=O) groups excluding carboxylic acids is 1. The zero-order valence-electron chi connectivity index (χ0n) is 17.6. The molecule has 2 aliphatic rings. The number of aryl methyl sites for hydroxylation is 1. The lowest BCUT2D eigenvalue weighted by Crippen LogP contribution is -2.55. The molecule has 1 aliphatic carbocycles. The predicted octanol–water partition coefficient (Wildman–Crippen LogP) is 3.08. The normalized spacial score (nSPS) is 23.5. The third-order valence-corrected chi connectivity index (χ3v) is 9.06. The second-order valence-corrected chi connectivity index (χ2v) is 10.8. The Morgan fingerprint density at radius 3 is 2.87 bits per heavy atom. The van der Waals surface area contributed by atoms with Gasteiger partial charge in [0.1, 0.15) is 12.4 Å². The minimum Gasteiger partial charge on any atom is -0.490 e. The molecule has 31 heavy (non-hydrogen) atoms. The number of anilines is 1. The molecule has 7 heteroatoms. The number of rotatable bonds is 5. The van der Waals surface area contributed by atoms with E-state index >= 15 is 0 Å². The van der Waals surface area contributed by atoms with Crippen LogP contribution in [0, 0.1) is 5.92 Å². The number of nitrogens with two attached hydrogens (primary N) is 1. The van der Waals surface area contributed by atoms with E-state index in [2.05, 4.69) is 18.0 Å². The molecule has 1 heterocycles. The average molecular weight is 441 g/mol. The van der Waals surface area contributed by atoms with E-state index in [-0.39, 0.29) is 18.3 Å². The Kier molecular flexibility index (Phi) is 5.56. The topological polar surface area (TPSA) is 98.5 Å². The Labute approximate surface area is 183 Å². The van der Waals surface area contributed by atoms with Crippen molar-refractivity contribution in [1.82, 2.24) is 0 Å². The van der Waals surface area contributed by atoms with Crippen LogP contribution in [0.3, 0.4) is 0 Å². The number of fused-ring (bicyclic) bond motifs is 3. The van der Waals surface area contributed by atoms with Gasteiger partial charge in [-0.3, -0.25) is 4.79 Å². The molecule has 2 unspecified atom stereocenters. The summed E-state index contributed by atoms with van der Waals surface area (Å²) in [5, 5.41) is 2.79. The number of hydrogen-bond donors (Lipinski definition) is 2. The van der Waals surface area contributed by atoms with Crippen molar-refractivity contribution in [2.24, 2.45) is 11.7 Å². The van der Waals surface area contributed by atoms with E-state index in [4.69, 9.17) is 10.5 Å². The summed E-state index contributed by atoms with van der Waals surface area (Å²) in [6.45, 7) is 6.24. The van der Waals surface area contributed by atoms with E-state index in [9.17, 15) is 13.2 Å². The van der Waals surface area contributed by atoms with E-state index in [1.807, 2.05) is 25.1 Å². The average Bonchev–Trinajstić information content (AvgIpc) is 2.94. The van der Waals surface area contributed by atoms with E-state index in [1.165, 1.54) is 0 Å². The van der Waals surface area contributed by atoms with Crippen molar-refractivity contribution in [2.45, 2.75) is 30.4 Å². The van der Waals surface area contributed by atoms with Gasteiger partial charge in [-0.2, -0.15) is 0 Å². The molecule has 0 saturated heterocycles. The third kappa shape index (κ3) is 3.82. The van der Waals surface area contributed by atoms with Crippen molar-refractivity contribution in [2.75, 3.05) is 24.2 Å². The largest absolute Gasteiger partial charge is 0.490 e. The molecular formula is C24H28N2O4S. The molecule has 1 aliphatic heterocycles. The molecule has 2 aromatic carbocycles. The Morgan fingerprint density at radius 1 is 1.35 bits per heavy atom. The van der Waals surface area contributed by atoms with Crippen LogP contribution < -0.4 is 15.8 Å². The number of hydrogen-bond acceptors (Lipinski definition) is 5. The molecular weight excluding hydrogens is 412 g/mol. The smallest absolute Gasteiger partial charge is 0.248 e. The molecule has 0 fully saturated rings. The van der Waals surface area contributed by atoms with Crippen LogP contribution in [0.2, 0.25) is 0 Å². The number of allylic oxidation sites excluding steroid dienone is 1. The van der Waals surface area contributed by atoms with Crippen LogP contribution in [-0.4, -0.2) is 38.5 Å². The van der Waals surface area contributed by atoms with Crippen molar-refractivity contribution in [3.05, 3.63) is 71.8 Å². The summed E-state index contributed by atoms with van der Waals surface area (Å²) in [4.78, 5) is 11.6. The van der Waals surface area contributed by atoms with Crippen LogP contribution in [0.1, 0.15) is 34.8 Å². The number of amides is 1.